The number of nitrogens with one attached hydrogen (secondary N) is 3. The Hall–Kier alpha value is -3.46. The molecule has 2 aromatic carbocycles. The number of amides is 2. The first-order valence-corrected chi connectivity index (χ1v) is 10.6. The molecule has 2 rings (SSSR count). The van der Waals surface area contributed by atoms with Gasteiger partial charge in [-0.25, -0.2) is 0 Å². The van der Waals surface area contributed by atoms with Crippen molar-refractivity contribution in [1.82, 2.24) is 16.2 Å². The molecule has 2 amide bonds. The van der Waals surface area contributed by atoms with E-state index < -0.39 is 17.8 Å². The van der Waals surface area contributed by atoms with Crippen LogP contribution in [0.4, 0.5) is 0 Å². The van der Waals surface area contributed by atoms with Crippen molar-refractivity contribution >= 4 is 35.1 Å². The van der Waals surface area contributed by atoms with Crippen LogP contribution in [-0.4, -0.2) is 36.1 Å². The number of carbonyl (C=O) groups excluding carboxylic acids is 3. The highest BCUT2D eigenvalue weighted by atomic mass is 32.1. The third-order valence-electron chi connectivity index (χ3n) is 4.23. The number of hydrazine groups is 1. The van der Waals surface area contributed by atoms with E-state index in [0.29, 0.717) is 18.8 Å². The minimum Gasteiger partial charge on any atom is -0.484 e. The van der Waals surface area contributed by atoms with Crippen molar-refractivity contribution in [1.29, 1.82) is 0 Å². The van der Waals surface area contributed by atoms with E-state index >= 15 is 0 Å². The summed E-state index contributed by atoms with van der Waals surface area (Å²) in [6.45, 7) is 2.03. The molecule has 0 aliphatic carbocycles. The van der Waals surface area contributed by atoms with Gasteiger partial charge in [0.2, 0.25) is 5.91 Å². The van der Waals surface area contributed by atoms with Crippen LogP contribution in [0.5, 0.6) is 5.75 Å². The lowest BCUT2D eigenvalue weighted by molar-refractivity contribution is -0.145. The number of aryl methyl sites for hydroxylation is 2. The SMILES string of the molecule is Cc1ccc(OCC(=O)NNC(=S)NC(=O)CCC(=O)OCCCc2ccccc2)cc1. The molecule has 0 aliphatic rings. The van der Waals surface area contributed by atoms with Gasteiger partial charge < -0.3 is 14.8 Å². The molecular formula is C23H27N3O5S. The third kappa shape index (κ3) is 10.5. The van der Waals surface area contributed by atoms with E-state index in [0.717, 1.165) is 12.0 Å². The zero-order valence-corrected chi connectivity index (χ0v) is 18.7. The average Bonchev–Trinajstić information content (AvgIpc) is 2.79. The molecule has 0 heterocycles. The maximum Gasteiger partial charge on any atom is 0.306 e. The first-order valence-electron chi connectivity index (χ1n) is 10.2. The van der Waals surface area contributed by atoms with Gasteiger partial charge in [-0.15, -0.1) is 0 Å². The fourth-order valence-corrected chi connectivity index (χ4v) is 2.73. The van der Waals surface area contributed by atoms with Gasteiger partial charge in [0.1, 0.15) is 5.75 Å². The fraction of sp³-hybridized carbons (Fsp3) is 0.304. The molecule has 2 aromatic rings. The van der Waals surface area contributed by atoms with Crippen LogP contribution in [-0.2, 0) is 25.5 Å². The summed E-state index contributed by atoms with van der Waals surface area (Å²) in [7, 11) is 0. The maximum atomic E-state index is 11.9. The first-order chi connectivity index (χ1) is 15.4. The monoisotopic (exact) mass is 457 g/mol. The van der Waals surface area contributed by atoms with E-state index in [1.165, 1.54) is 5.56 Å². The Kier molecular flexibility index (Phi) is 10.7. The van der Waals surface area contributed by atoms with Crippen LogP contribution in [0.15, 0.2) is 54.6 Å². The minimum atomic E-state index is -0.471. The van der Waals surface area contributed by atoms with Crippen LogP contribution in [0, 0.1) is 6.92 Å². The van der Waals surface area contributed by atoms with Crippen LogP contribution in [0.3, 0.4) is 0 Å². The van der Waals surface area contributed by atoms with Gasteiger partial charge in [0, 0.05) is 6.42 Å². The molecule has 0 atom stereocenters. The molecule has 8 nitrogen and oxygen atoms in total. The Morgan fingerprint density at radius 2 is 1.62 bits per heavy atom. The Bertz CT molecular complexity index is 904. The van der Waals surface area contributed by atoms with E-state index in [2.05, 4.69) is 16.2 Å². The van der Waals surface area contributed by atoms with Crippen molar-refractivity contribution in [2.75, 3.05) is 13.2 Å². The quantitative estimate of drug-likeness (QED) is 0.218. The average molecular weight is 458 g/mol. The molecule has 0 aliphatic heterocycles. The minimum absolute atomic E-state index is 0.0590. The van der Waals surface area contributed by atoms with Crippen molar-refractivity contribution in [3.63, 3.8) is 0 Å². The van der Waals surface area contributed by atoms with E-state index in [1.807, 2.05) is 49.4 Å². The van der Waals surface area contributed by atoms with E-state index in [-0.39, 0.29) is 24.6 Å². The molecule has 170 valence electrons. The third-order valence-corrected chi connectivity index (χ3v) is 4.44. The Labute approximate surface area is 192 Å². The van der Waals surface area contributed by atoms with Gasteiger partial charge in [-0.05, 0) is 49.7 Å². The second kappa shape index (κ2) is 13.8. The molecule has 3 N–H and O–H groups in total. The predicted molar refractivity (Wildman–Crippen MR) is 124 cm³/mol. The number of hydrogen-bond acceptors (Lipinski definition) is 6. The number of benzene rings is 2. The van der Waals surface area contributed by atoms with Crippen molar-refractivity contribution in [3.05, 3.63) is 65.7 Å². The van der Waals surface area contributed by atoms with Crippen LogP contribution < -0.4 is 20.9 Å². The van der Waals surface area contributed by atoms with Gasteiger partial charge in [0.15, 0.2) is 11.7 Å². The van der Waals surface area contributed by atoms with Gasteiger partial charge in [0.25, 0.3) is 5.91 Å². The number of thiocarbonyl (C=S) groups is 1. The maximum absolute atomic E-state index is 11.9. The van der Waals surface area contributed by atoms with Crippen molar-refractivity contribution < 1.29 is 23.9 Å². The molecule has 32 heavy (non-hydrogen) atoms. The Morgan fingerprint density at radius 1 is 0.906 bits per heavy atom. The molecule has 0 spiro atoms. The number of esters is 1. The Balaban J connectivity index is 1.52. The lowest BCUT2D eigenvalue weighted by Gasteiger charge is -2.11. The zero-order valence-electron chi connectivity index (χ0n) is 17.9. The first kappa shape index (κ1) is 24.8. The van der Waals surface area contributed by atoms with Gasteiger partial charge in [0.05, 0.1) is 13.0 Å². The summed E-state index contributed by atoms with van der Waals surface area (Å²) in [6.07, 6.45) is 1.39. The molecule has 0 radical (unpaired) electrons. The van der Waals surface area contributed by atoms with Crippen molar-refractivity contribution in [2.24, 2.45) is 0 Å². The summed E-state index contributed by atoms with van der Waals surface area (Å²) in [4.78, 5) is 35.4. The van der Waals surface area contributed by atoms with Crippen molar-refractivity contribution in [2.45, 2.75) is 32.6 Å². The van der Waals surface area contributed by atoms with Gasteiger partial charge in [-0.1, -0.05) is 48.0 Å². The standard InChI is InChI=1S/C23H27N3O5S/c1-17-9-11-19(12-10-17)31-16-21(28)25-26-23(32)24-20(27)13-14-22(29)30-15-5-8-18-6-3-2-4-7-18/h2-4,6-7,9-12H,5,8,13-16H2,1H3,(H,25,28)(H2,24,26,27,32). The molecule has 0 aromatic heterocycles. The molecule has 0 fully saturated rings. The number of hydrogen-bond donors (Lipinski definition) is 3. The molecule has 0 saturated carbocycles. The predicted octanol–water partition coefficient (Wildman–Crippen LogP) is 2.35. The summed E-state index contributed by atoms with van der Waals surface area (Å²) >= 11 is 4.94. The van der Waals surface area contributed by atoms with E-state index in [9.17, 15) is 14.4 Å². The summed E-state index contributed by atoms with van der Waals surface area (Å²) in [5.74, 6) is -0.822. The topological polar surface area (TPSA) is 106 Å². The van der Waals surface area contributed by atoms with Gasteiger partial charge in [-0.2, -0.15) is 0 Å². The number of ether oxygens (including phenoxy) is 2. The zero-order chi connectivity index (χ0) is 23.2. The molecule has 0 unspecified atom stereocenters. The van der Waals surface area contributed by atoms with Crippen LogP contribution in [0.2, 0.25) is 0 Å². The highest BCUT2D eigenvalue weighted by molar-refractivity contribution is 7.80. The summed E-state index contributed by atoms with van der Waals surface area (Å²) in [5, 5.41) is 2.29. The highest BCUT2D eigenvalue weighted by Crippen LogP contribution is 2.10. The Morgan fingerprint density at radius 3 is 2.34 bits per heavy atom. The van der Waals surface area contributed by atoms with Gasteiger partial charge >= 0.3 is 5.97 Å². The van der Waals surface area contributed by atoms with Crippen LogP contribution in [0.1, 0.15) is 30.4 Å². The molecular weight excluding hydrogens is 430 g/mol. The lowest BCUT2D eigenvalue weighted by Crippen LogP contribution is -2.49. The lowest BCUT2D eigenvalue weighted by atomic mass is 10.1. The van der Waals surface area contributed by atoms with E-state index in [4.69, 9.17) is 21.7 Å². The number of carbonyl (C=O) groups is 3. The second-order valence-electron chi connectivity index (χ2n) is 6.96. The van der Waals surface area contributed by atoms with Gasteiger partial charge in [-0.3, -0.25) is 25.2 Å². The smallest absolute Gasteiger partial charge is 0.306 e. The molecule has 0 bridgehead atoms. The summed E-state index contributed by atoms with van der Waals surface area (Å²) in [6, 6.07) is 17.2. The van der Waals surface area contributed by atoms with Crippen LogP contribution >= 0.6 is 12.2 Å². The number of rotatable bonds is 10. The fourth-order valence-electron chi connectivity index (χ4n) is 2.56. The van der Waals surface area contributed by atoms with Crippen LogP contribution in [0.25, 0.3) is 0 Å². The highest BCUT2D eigenvalue weighted by Gasteiger charge is 2.10. The van der Waals surface area contributed by atoms with Crippen molar-refractivity contribution in [3.8, 4) is 5.75 Å². The molecule has 9 heteroatoms. The summed E-state index contributed by atoms with van der Waals surface area (Å²) in [5.41, 5.74) is 6.99. The molecule has 0 saturated heterocycles. The summed E-state index contributed by atoms with van der Waals surface area (Å²) < 4.78 is 10.5. The largest absolute Gasteiger partial charge is 0.484 e. The van der Waals surface area contributed by atoms with E-state index in [1.54, 1.807) is 12.1 Å². The second-order valence-corrected chi connectivity index (χ2v) is 7.37. The normalized spacial score (nSPS) is 10.0.